The fourth-order valence-corrected chi connectivity index (χ4v) is 2.30. The van der Waals surface area contributed by atoms with Crippen molar-refractivity contribution in [2.24, 2.45) is 5.10 Å². The second-order valence-electron chi connectivity index (χ2n) is 5.23. The predicted molar refractivity (Wildman–Crippen MR) is 96.7 cm³/mol. The van der Waals surface area contributed by atoms with Crippen LogP contribution in [0.5, 0.6) is 0 Å². The molecule has 0 unspecified atom stereocenters. The molecule has 0 bridgehead atoms. The molecule has 0 amide bonds. The standard InChI is InChI=1S/C18H14ClN3O3/c19-15-5-1-13(2-6-15)11-20-21-12-17-9-10-18(25-17)14-3-7-16(8-4-14)22(23)24/h1-10,12,20H,11H2/b21-12-. The number of furan rings is 1. The summed E-state index contributed by atoms with van der Waals surface area (Å²) in [4.78, 5) is 10.2. The van der Waals surface area contributed by atoms with Crippen LogP contribution >= 0.6 is 11.6 Å². The van der Waals surface area contributed by atoms with Crippen molar-refractivity contribution in [1.82, 2.24) is 5.43 Å². The number of hydrazone groups is 1. The number of hydrogen-bond donors (Lipinski definition) is 1. The maximum absolute atomic E-state index is 10.7. The molecule has 25 heavy (non-hydrogen) atoms. The second kappa shape index (κ2) is 7.63. The quantitative estimate of drug-likeness (QED) is 0.397. The molecule has 0 radical (unpaired) electrons. The molecule has 0 fully saturated rings. The van der Waals surface area contributed by atoms with Crippen molar-refractivity contribution in [3.8, 4) is 11.3 Å². The summed E-state index contributed by atoms with van der Waals surface area (Å²) >= 11 is 5.83. The molecule has 0 aliphatic carbocycles. The van der Waals surface area contributed by atoms with E-state index >= 15 is 0 Å². The molecule has 126 valence electrons. The first kappa shape index (κ1) is 16.7. The Morgan fingerprint density at radius 3 is 2.48 bits per heavy atom. The van der Waals surface area contributed by atoms with Gasteiger partial charge in [-0.3, -0.25) is 10.1 Å². The minimum Gasteiger partial charge on any atom is -0.455 e. The lowest BCUT2D eigenvalue weighted by molar-refractivity contribution is -0.384. The van der Waals surface area contributed by atoms with Crippen molar-refractivity contribution in [2.75, 3.05) is 0 Å². The van der Waals surface area contributed by atoms with Crippen LogP contribution in [0.15, 0.2) is 70.2 Å². The number of nitrogens with zero attached hydrogens (tertiary/aromatic N) is 2. The van der Waals surface area contributed by atoms with Crippen LogP contribution in [0, 0.1) is 10.1 Å². The summed E-state index contributed by atoms with van der Waals surface area (Å²) in [7, 11) is 0. The van der Waals surface area contributed by atoms with E-state index in [0.29, 0.717) is 23.1 Å². The largest absolute Gasteiger partial charge is 0.455 e. The van der Waals surface area contributed by atoms with Gasteiger partial charge < -0.3 is 9.84 Å². The van der Waals surface area contributed by atoms with Gasteiger partial charge in [-0.25, -0.2) is 0 Å². The maximum atomic E-state index is 10.7. The van der Waals surface area contributed by atoms with E-state index in [0.717, 1.165) is 11.1 Å². The predicted octanol–water partition coefficient (Wildman–Crippen LogP) is 4.63. The molecule has 3 aromatic rings. The lowest BCUT2D eigenvalue weighted by Gasteiger charge is -2.00. The topological polar surface area (TPSA) is 80.7 Å². The maximum Gasteiger partial charge on any atom is 0.269 e. The van der Waals surface area contributed by atoms with Crippen molar-refractivity contribution in [3.63, 3.8) is 0 Å². The lowest BCUT2D eigenvalue weighted by Crippen LogP contribution is -2.05. The Kier molecular flexibility index (Phi) is 5.11. The van der Waals surface area contributed by atoms with Crippen molar-refractivity contribution in [1.29, 1.82) is 0 Å². The van der Waals surface area contributed by atoms with E-state index in [4.69, 9.17) is 16.0 Å². The van der Waals surface area contributed by atoms with Gasteiger partial charge in [0.1, 0.15) is 11.5 Å². The molecular weight excluding hydrogens is 342 g/mol. The Balaban J connectivity index is 1.59. The van der Waals surface area contributed by atoms with Gasteiger partial charge in [0.05, 0.1) is 17.7 Å². The Morgan fingerprint density at radius 1 is 1.08 bits per heavy atom. The lowest BCUT2D eigenvalue weighted by atomic mass is 10.1. The van der Waals surface area contributed by atoms with E-state index in [1.54, 1.807) is 30.5 Å². The van der Waals surface area contributed by atoms with Gasteiger partial charge in [-0.15, -0.1) is 0 Å². The summed E-state index contributed by atoms with van der Waals surface area (Å²) in [6.07, 6.45) is 1.57. The van der Waals surface area contributed by atoms with E-state index in [-0.39, 0.29) is 5.69 Å². The van der Waals surface area contributed by atoms with Gasteiger partial charge in [-0.05, 0) is 42.0 Å². The number of nitro benzene ring substituents is 1. The second-order valence-corrected chi connectivity index (χ2v) is 5.66. The number of benzene rings is 2. The fourth-order valence-electron chi connectivity index (χ4n) is 2.17. The molecule has 0 atom stereocenters. The van der Waals surface area contributed by atoms with Crippen LogP contribution in [0.2, 0.25) is 5.02 Å². The average Bonchev–Trinajstić information content (AvgIpc) is 3.09. The minimum absolute atomic E-state index is 0.0449. The summed E-state index contributed by atoms with van der Waals surface area (Å²) in [5.74, 6) is 1.20. The van der Waals surface area contributed by atoms with Crippen LogP contribution in [0.3, 0.4) is 0 Å². The number of nitrogens with one attached hydrogen (secondary N) is 1. The number of nitro groups is 1. The molecule has 0 spiro atoms. The van der Waals surface area contributed by atoms with Crippen LogP contribution in [-0.4, -0.2) is 11.1 Å². The highest BCUT2D eigenvalue weighted by Crippen LogP contribution is 2.24. The van der Waals surface area contributed by atoms with Gasteiger partial charge in [0.2, 0.25) is 0 Å². The number of rotatable bonds is 6. The van der Waals surface area contributed by atoms with E-state index in [9.17, 15) is 10.1 Å². The van der Waals surface area contributed by atoms with Crippen molar-refractivity contribution >= 4 is 23.5 Å². The first-order chi connectivity index (χ1) is 12.1. The number of non-ortho nitro benzene ring substituents is 1. The summed E-state index contributed by atoms with van der Waals surface area (Å²) in [6.45, 7) is 0.573. The Labute approximate surface area is 148 Å². The van der Waals surface area contributed by atoms with Crippen LogP contribution in [0.4, 0.5) is 5.69 Å². The molecule has 2 aromatic carbocycles. The van der Waals surface area contributed by atoms with Crippen LogP contribution in [-0.2, 0) is 6.54 Å². The third-order valence-electron chi connectivity index (χ3n) is 3.47. The Hall–Kier alpha value is -3.12. The molecule has 1 N–H and O–H groups in total. The molecule has 0 saturated carbocycles. The van der Waals surface area contributed by atoms with Crippen molar-refractivity contribution in [2.45, 2.75) is 6.54 Å². The highest BCUT2D eigenvalue weighted by atomic mass is 35.5. The normalized spacial score (nSPS) is 10.9. The molecule has 0 saturated heterocycles. The molecule has 7 heteroatoms. The van der Waals surface area contributed by atoms with Crippen molar-refractivity contribution < 1.29 is 9.34 Å². The summed E-state index contributed by atoms with van der Waals surface area (Å²) in [6, 6.07) is 17.3. The zero-order chi connectivity index (χ0) is 17.6. The van der Waals surface area contributed by atoms with E-state index in [1.807, 2.05) is 24.3 Å². The van der Waals surface area contributed by atoms with Gasteiger partial charge in [-0.1, -0.05) is 23.7 Å². The molecule has 1 heterocycles. The molecule has 6 nitrogen and oxygen atoms in total. The first-order valence-electron chi connectivity index (χ1n) is 7.47. The van der Waals surface area contributed by atoms with Gasteiger partial charge in [0, 0.05) is 22.7 Å². The Bertz CT molecular complexity index is 887. The van der Waals surface area contributed by atoms with Gasteiger partial charge in [0.15, 0.2) is 0 Å². The highest BCUT2D eigenvalue weighted by molar-refractivity contribution is 6.30. The van der Waals surface area contributed by atoms with Gasteiger partial charge in [0.25, 0.3) is 5.69 Å². The summed E-state index contributed by atoms with van der Waals surface area (Å²) in [5.41, 5.74) is 4.80. The average molecular weight is 356 g/mol. The summed E-state index contributed by atoms with van der Waals surface area (Å²) in [5, 5.41) is 15.5. The molecule has 0 aliphatic heterocycles. The van der Waals surface area contributed by atoms with Crippen molar-refractivity contribution in [3.05, 3.63) is 87.1 Å². The first-order valence-corrected chi connectivity index (χ1v) is 7.84. The SMILES string of the molecule is O=[N+]([O-])c1ccc(-c2ccc(/C=N\NCc3ccc(Cl)cc3)o2)cc1. The zero-order valence-corrected chi connectivity index (χ0v) is 13.8. The van der Waals surface area contributed by atoms with E-state index in [1.165, 1.54) is 12.1 Å². The monoisotopic (exact) mass is 355 g/mol. The molecular formula is C18H14ClN3O3. The number of hydrogen-bond acceptors (Lipinski definition) is 5. The highest BCUT2D eigenvalue weighted by Gasteiger charge is 2.07. The third-order valence-corrected chi connectivity index (χ3v) is 3.72. The van der Waals surface area contributed by atoms with Crippen LogP contribution < -0.4 is 5.43 Å². The van der Waals surface area contributed by atoms with Crippen LogP contribution in [0.25, 0.3) is 11.3 Å². The smallest absolute Gasteiger partial charge is 0.269 e. The van der Waals surface area contributed by atoms with E-state index in [2.05, 4.69) is 10.5 Å². The van der Waals surface area contributed by atoms with Crippen LogP contribution in [0.1, 0.15) is 11.3 Å². The Morgan fingerprint density at radius 2 is 1.80 bits per heavy atom. The van der Waals surface area contributed by atoms with Gasteiger partial charge in [-0.2, -0.15) is 5.10 Å². The molecule has 3 rings (SSSR count). The molecule has 1 aromatic heterocycles. The third kappa shape index (κ3) is 4.45. The zero-order valence-electron chi connectivity index (χ0n) is 13.1. The van der Waals surface area contributed by atoms with Gasteiger partial charge >= 0.3 is 0 Å². The van der Waals surface area contributed by atoms with E-state index < -0.39 is 4.92 Å². The number of halogens is 1. The molecule has 0 aliphatic rings. The fraction of sp³-hybridized carbons (Fsp3) is 0.0556. The minimum atomic E-state index is -0.434. The summed E-state index contributed by atoms with van der Waals surface area (Å²) < 4.78 is 5.66.